The van der Waals surface area contributed by atoms with Gasteiger partial charge in [-0.1, -0.05) is 24.3 Å². The molecule has 1 fully saturated rings. The lowest BCUT2D eigenvalue weighted by atomic mass is 9.86. The summed E-state index contributed by atoms with van der Waals surface area (Å²) in [5.74, 6) is 3.08. The Morgan fingerprint density at radius 1 is 1.03 bits per heavy atom. The van der Waals surface area contributed by atoms with Gasteiger partial charge in [-0.2, -0.15) is 4.98 Å². The van der Waals surface area contributed by atoms with Crippen LogP contribution in [0.15, 0.2) is 42.5 Å². The van der Waals surface area contributed by atoms with Crippen LogP contribution in [-0.2, 0) is 6.54 Å². The van der Waals surface area contributed by atoms with E-state index in [0.717, 1.165) is 54.5 Å². The van der Waals surface area contributed by atoms with Crippen molar-refractivity contribution in [1.82, 2.24) is 15.3 Å². The highest BCUT2D eigenvalue weighted by atomic mass is 16.5. The second-order valence-electron chi connectivity index (χ2n) is 8.97. The summed E-state index contributed by atoms with van der Waals surface area (Å²) in [6.07, 6.45) is 4.52. The van der Waals surface area contributed by atoms with Gasteiger partial charge in [0, 0.05) is 37.6 Å². The molecule has 33 heavy (non-hydrogen) atoms. The van der Waals surface area contributed by atoms with Crippen molar-refractivity contribution >= 4 is 22.7 Å². The zero-order valence-electron chi connectivity index (χ0n) is 19.8. The fourth-order valence-corrected chi connectivity index (χ4v) is 4.55. The van der Waals surface area contributed by atoms with Crippen molar-refractivity contribution in [3.05, 3.63) is 48.0 Å². The Labute approximate surface area is 196 Å². The van der Waals surface area contributed by atoms with E-state index in [1.807, 2.05) is 56.3 Å². The smallest absolute Gasteiger partial charge is 0.225 e. The molecule has 0 saturated heterocycles. The number of nitrogens with zero attached hydrogens (tertiary/aromatic N) is 3. The third-order valence-corrected chi connectivity index (χ3v) is 6.32. The largest absolute Gasteiger partial charge is 0.504 e. The Morgan fingerprint density at radius 2 is 1.82 bits per heavy atom. The molecule has 0 spiro atoms. The van der Waals surface area contributed by atoms with E-state index in [1.165, 1.54) is 0 Å². The van der Waals surface area contributed by atoms with E-state index in [2.05, 4.69) is 16.7 Å². The van der Waals surface area contributed by atoms with E-state index in [9.17, 15) is 5.11 Å². The van der Waals surface area contributed by atoms with E-state index < -0.39 is 0 Å². The normalized spacial score (nSPS) is 18.3. The fraction of sp³-hybridized carbons (Fsp3) is 0.462. The van der Waals surface area contributed by atoms with Crippen LogP contribution in [0.2, 0.25) is 0 Å². The molecular weight excluding hydrogens is 414 g/mol. The number of phenols is 1. The first-order valence-corrected chi connectivity index (χ1v) is 11.9. The number of fused-ring (bicyclic) bond motifs is 1. The van der Waals surface area contributed by atoms with Crippen LogP contribution in [0.25, 0.3) is 10.9 Å². The fourth-order valence-electron chi connectivity index (χ4n) is 4.55. The third kappa shape index (κ3) is 5.66. The molecule has 3 aromatic rings. The van der Waals surface area contributed by atoms with E-state index in [4.69, 9.17) is 14.7 Å². The molecule has 3 N–H and O–H groups in total. The molecule has 0 aliphatic heterocycles. The number of nitrogens with one attached hydrogen (secondary N) is 2. The van der Waals surface area contributed by atoms with Crippen LogP contribution in [0.1, 0.15) is 38.2 Å². The number of ether oxygens (including phenoxy) is 1. The van der Waals surface area contributed by atoms with Gasteiger partial charge < -0.3 is 25.4 Å². The lowest BCUT2D eigenvalue weighted by molar-refractivity contribution is 0.313. The number of hydrogen-bond donors (Lipinski definition) is 3. The summed E-state index contributed by atoms with van der Waals surface area (Å²) >= 11 is 0. The first-order valence-electron chi connectivity index (χ1n) is 11.9. The third-order valence-electron chi connectivity index (χ3n) is 6.32. The summed E-state index contributed by atoms with van der Waals surface area (Å²) in [4.78, 5) is 11.6. The molecule has 0 unspecified atom stereocenters. The van der Waals surface area contributed by atoms with Crippen LogP contribution >= 0.6 is 0 Å². The van der Waals surface area contributed by atoms with Gasteiger partial charge in [-0.05, 0) is 63.3 Å². The molecule has 2 aromatic carbocycles. The minimum absolute atomic E-state index is 0.243. The van der Waals surface area contributed by atoms with Crippen molar-refractivity contribution in [1.29, 1.82) is 0 Å². The van der Waals surface area contributed by atoms with Crippen molar-refractivity contribution in [3.63, 3.8) is 0 Å². The molecule has 0 amide bonds. The highest BCUT2D eigenvalue weighted by molar-refractivity contribution is 5.90. The highest BCUT2D eigenvalue weighted by Gasteiger charge is 2.22. The van der Waals surface area contributed by atoms with Gasteiger partial charge in [-0.25, -0.2) is 4.98 Å². The summed E-state index contributed by atoms with van der Waals surface area (Å²) in [5, 5.41) is 18.5. The van der Waals surface area contributed by atoms with Crippen LogP contribution in [0.3, 0.4) is 0 Å². The molecule has 1 aliphatic rings. The molecule has 0 atom stereocenters. The van der Waals surface area contributed by atoms with Crippen molar-refractivity contribution in [2.75, 3.05) is 37.5 Å². The van der Waals surface area contributed by atoms with Gasteiger partial charge in [0.2, 0.25) is 5.95 Å². The van der Waals surface area contributed by atoms with Gasteiger partial charge in [0.05, 0.1) is 12.1 Å². The van der Waals surface area contributed by atoms with Gasteiger partial charge >= 0.3 is 0 Å². The Balaban J connectivity index is 1.28. The number of rotatable bonds is 9. The maximum absolute atomic E-state index is 10.4. The van der Waals surface area contributed by atoms with Crippen molar-refractivity contribution in [2.24, 2.45) is 5.92 Å². The van der Waals surface area contributed by atoms with Crippen LogP contribution in [-0.4, -0.2) is 48.4 Å². The zero-order chi connectivity index (χ0) is 23.2. The SMILES string of the molecule is CCOc1cccc(CNCC2CCC(Nc3nc(N(C)C)c4ccccc4n3)CC2)c1O. The lowest BCUT2D eigenvalue weighted by Crippen LogP contribution is -2.31. The summed E-state index contributed by atoms with van der Waals surface area (Å²) in [7, 11) is 4.03. The molecule has 0 bridgehead atoms. The predicted molar refractivity (Wildman–Crippen MR) is 134 cm³/mol. The number of phenolic OH excluding ortho intramolecular Hbond substituents is 1. The minimum atomic E-state index is 0.243. The van der Waals surface area contributed by atoms with Crippen molar-refractivity contribution in [2.45, 2.75) is 45.2 Å². The number of aromatic hydroxyl groups is 1. The van der Waals surface area contributed by atoms with Gasteiger partial charge in [0.15, 0.2) is 11.5 Å². The molecule has 1 aromatic heterocycles. The molecule has 1 saturated carbocycles. The van der Waals surface area contributed by atoms with Crippen LogP contribution in [0, 0.1) is 5.92 Å². The average Bonchev–Trinajstić information content (AvgIpc) is 2.82. The van der Waals surface area contributed by atoms with Crippen LogP contribution < -0.4 is 20.3 Å². The summed E-state index contributed by atoms with van der Waals surface area (Å²) in [5.41, 5.74) is 1.84. The number of anilines is 2. The standard InChI is InChI=1S/C26H35N5O2/c1-4-33-23-11-7-8-19(24(23)32)17-27-16-18-12-14-20(15-13-18)28-26-29-22-10-6-5-9-21(22)25(30-26)31(2)3/h5-11,18,20,27,32H,4,12-17H2,1-3H3,(H,28,29,30). The highest BCUT2D eigenvalue weighted by Crippen LogP contribution is 2.31. The Bertz CT molecular complexity index is 1060. The van der Waals surface area contributed by atoms with Gasteiger partial charge in [-0.15, -0.1) is 0 Å². The zero-order valence-corrected chi connectivity index (χ0v) is 19.8. The maximum Gasteiger partial charge on any atom is 0.225 e. The number of hydrogen-bond acceptors (Lipinski definition) is 7. The maximum atomic E-state index is 10.4. The number of benzene rings is 2. The monoisotopic (exact) mass is 449 g/mol. The van der Waals surface area contributed by atoms with E-state index in [1.54, 1.807) is 6.07 Å². The summed E-state index contributed by atoms with van der Waals surface area (Å²) < 4.78 is 5.48. The summed E-state index contributed by atoms with van der Waals surface area (Å²) in [6, 6.07) is 14.2. The topological polar surface area (TPSA) is 82.5 Å². The first-order chi connectivity index (χ1) is 16.0. The second-order valence-corrected chi connectivity index (χ2v) is 8.97. The minimum Gasteiger partial charge on any atom is -0.504 e. The molecule has 7 nitrogen and oxygen atoms in total. The van der Waals surface area contributed by atoms with E-state index in [-0.39, 0.29) is 5.75 Å². The van der Waals surface area contributed by atoms with Crippen molar-refractivity contribution in [3.8, 4) is 11.5 Å². The molecule has 1 heterocycles. The molecule has 176 valence electrons. The number of aromatic nitrogens is 2. The quantitative estimate of drug-likeness (QED) is 0.442. The second kappa shape index (κ2) is 10.7. The predicted octanol–water partition coefficient (Wildman–Crippen LogP) is 4.56. The van der Waals surface area contributed by atoms with Crippen LogP contribution in [0.5, 0.6) is 11.5 Å². The first kappa shape index (κ1) is 23.1. The van der Waals surface area contributed by atoms with E-state index >= 15 is 0 Å². The Kier molecular flexibility index (Phi) is 7.50. The number of para-hydroxylation sites is 2. The molecule has 0 radical (unpaired) electrons. The van der Waals surface area contributed by atoms with Gasteiger partial charge in [0.1, 0.15) is 5.82 Å². The molecule has 1 aliphatic carbocycles. The molecular formula is C26H35N5O2. The Morgan fingerprint density at radius 3 is 2.58 bits per heavy atom. The Hall–Kier alpha value is -3.06. The molecule has 4 rings (SSSR count). The van der Waals surface area contributed by atoms with Gasteiger partial charge in [0.25, 0.3) is 0 Å². The molecule has 7 heteroatoms. The lowest BCUT2D eigenvalue weighted by Gasteiger charge is -2.29. The summed E-state index contributed by atoms with van der Waals surface area (Å²) in [6.45, 7) is 4.05. The van der Waals surface area contributed by atoms with E-state index in [0.29, 0.717) is 36.8 Å². The van der Waals surface area contributed by atoms with Crippen LogP contribution in [0.4, 0.5) is 11.8 Å². The van der Waals surface area contributed by atoms with Crippen molar-refractivity contribution < 1.29 is 9.84 Å². The average molecular weight is 450 g/mol. The van der Waals surface area contributed by atoms with Gasteiger partial charge in [-0.3, -0.25) is 0 Å².